The molecule has 0 amide bonds. The highest BCUT2D eigenvalue weighted by Crippen LogP contribution is 2.30. The molecular weight excluding hydrogens is 275 g/mol. The van der Waals surface area contributed by atoms with Gasteiger partial charge in [0.05, 0.1) is 17.1 Å². The molecular formula is C12H12F3N3S. The maximum atomic E-state index is 12.4. The summed E-state index contributed by atoms with van der Waals surface area (Å²) in [5.74, 6) is 5.46. The molecule has 1 aromatic carbocycles. The van der Waals surface area contributed by atoms with E-state index in [1.54, 1.807) is 11.7 Å². The molecule has 7 heteroatoms. The lowest BCUT2D eigenvalue weighted by molar-refractivity contribution is -0.137. The van der Waals surface area contributed by atoms with Crippen LogP contribution in [0.15, 0.2) is 36.0 Å². The monoisotopic (exact) mass is 287 g/mol. The van der Waals surface area contributed by atoms with E-state index in [-0.39, 0.29) is 6.04 Å². The minimum Gasteiger partial charge on any atom is -0.271 e. The second kappa shape index (κ2) is 5.68. The van der Waals surface area contributed by atoms with E-state index in [9.17, 15) is 13.2 Å². The lowest BCUT2D eigenvalue weighted by Crippen LogP contribution is -2.29. The van der Waals surface area contributed by atoms with E-state index >= 15 is 0 Å². The van der Waals surface area contributed by atoms with Gasteiger partial charge < -0.3 is 0 Å². The molecule has 0 saturated heterocycles. The number of nitrogens with zero attached hydrogens (tertiary/aromatic N) is 1. The molecule has 2 rings (SSSR count). The van der Waals surface area contributed by atoms with Crippen molar-refractivity contribution >= 4 is 11.3 Å². The fraction of sp³-hybridized carbons (Fsp3) is 0.250. The van der Waals surface area contributed by atoms with E-state index in [1.165, 1.54) is 23.5 Å². The SMILES string of the molecule is NNC(Cc1ccc(C(F)(F)F)cc1)c1cncs1. The zero-order chi connectivity index (χ0) is 13.9. The molecule has 0 spiro atoms. The normalized spacial score (nSPS) is 13.5. The lowest BCUT2D eigenvalue weighted by Gasteiger charge is -2.14. The Labute approximate surface area is 112 Å². The van der Waals surface area contributed by atoms with Crippen molar-refractivity contribution in [2.75, 3.05) is 0 Å². The third-order valence-electron chi connectivity index (χ3n) is 2.72. The predicted molar refractivity (Wildman–Crippen MR) is 67.3 cm³/mol. The van der Waals surface area contributed by atoms with Gasteiger partial charge in [0, 0.05) is 11.1 Å². The summed E-state index contributed by atoms with van der Waals surface area (Å²) in [4.78, 5) is 4.90. The summed E-state index contributed by atoms with van der Waals surface area (Å²) in [6.07, 6.45) is -2.10. The predicted octanol–water partition coefficient (Wildman–Crippen LogP) is 2.91. The summed E-state index contributed by atoms with van der Waals surface area (Å²) in [5, 5.41) is 0. The summed E-state index contributed by atoms with van der Waals surface area (Å²) in [7, 11) is 0. The van der Waals surface area contributed by atoms with E-state index in [0.717, 1.165) is 22.6 Å². The molecule has 0 radical (unpaired) electrons. The number of thiazole rings is 1. The molecule has 0 aliphatic rings. The first-order valence-electron chi connectivity index (χ1n) is 5.51. The van der Waals surface area contributed by atoms with E-state index in [1.807, 2.05) is 0 Å². The first-order chi connectivity index (χ1) is 9.00. The number of aromatic nitrogens is 1. The van der Waals surface area contributed by atoms with Gasteiger partial charge in [-0.05, 0) is 24.1 Å². The van der Waals surface area contributed by atoms with Gasteiger partial charge in [0.1, 0.15) is 0 Å². The number of benzene rings is 1. The van der Waals surface area contributed by atoms with E-state index in [0.29, 0.717) is 6.42 Å². The molecule has 1 heterocycles. The van der Waals surface area contributed by atoms with Crippen LogP contribution in [0.1, 0.15) is 22.0 Å². The van der Waals surface area contributed by atoms with Crippen molar-refractivity contribution in [3.63, 3.8) is 0 Å². The van der Waals surface area contributed by atoms with Gasteiger partial charge in [-0.15, -0.1) is 11.3 Å². The Hall–Kier alpha value is -1.44. The molecule has 3 N–H and O–H groups in total. The minimum atomic E-state index is -4.30. The molecule has 3 nitrogen and oxygen atoms in total. The molecule has 0 bridgehead atoms. The van der Waals surface area contributed by atoms with Crippen molar-refractivity contribution < 1.29 is 13.2 Å². The molecule has 1 aromatic heterocycles. The van der Waals surface area contributed by atoms with Gasteiger partial charge in [-0.2, -0.15) is 13.2 Å². The molecule has 0 aliphatic carbocycles. The van der Waals surface area contributed by atoms with Crippen LogP contribution in [0.2, 0.25) is 0 Å². The number of alkyl halides is 3. The lowest BCUT2D eigenvalue weighted by atomic mass is 10.0. The largest absolute Gasteiger partial charge is 0.416 e. The van der Waals surface area contributed by atoms with Gasteiger partial charge in [0.2, 0.25) is 0 Å². The van der Waals surface area contributed by atoms with E-state index in [2.05, 4.69) is 10.4 Å². The highest BCUT2D eigenvalue weighted by molar-refractivity contribution is 7.09. The van der Waals surface area contributed by atoms with Crippen LogP contribution < -0.4 is 11.3 Å². The van der Waals surface area contributed by atoms with Gasteiger partial charge in [-0.1, -0.05) is 12.1 Å². The molecule has 0 fully saturated rings. The summed E-state index contributed by atoms with van der Waals surface area (Å²) < 4.78 is 37.3. The smallest absolute Gasteiger partial charge is 0.271 e. The van der Waals surface area contributed by atoms with Crippen molar-refractivity contribution in [2.24, 2.45) is 5.84 Å². The number of hydrazine groups is 1. The fourth-order valence-corrected chi connectivity index (χ4v) is 2.39. The van der Waals surface area contributed by atoms with E-state index < -0.39 is 11.7 Å². The quantitative estimate of drug-likeness (QED) is 0.671. The summed E-state index contributed by atoms with van der Waals surface area (Å²) in [6.45, 7) is 0. The number of nitrogens with one attached hydrogen (secondary N) is 1. The second-order valence-corrected chi connectivity index (χ2v) is 4.94. The molecule has 102 valence electrons. The molecule has 1 atom stereocenters. The standard InChI is InChI=1S/C12H12F3N3S/c13-12(14,15)9-3-1-8(2-4-9)5-10(18-16)11-6-17-7-19-11/h1-4,6-7,10,18H,5,16H2. The number of halogens is 3. The Balaban J connectivity index is 2.11. The molecule has 2 aromatic rings. The van der Waals surface area contributed by atoms with Gasteiger partial charge in [0.15, 0.2) is 0 Å². The highest BCUT2D eigenvalue weighted by atomic mass is 32.1. The van der Waals surface area contributed by atoms with Crippen molar-refractivity contribution in [3.05, 3.63) is 52.0 Å². The summed E-state index contributed by atoms with van der Waals surface area (Å²) >= 11 is 1.45. The van der Waals surface area contributed by atoms with Gasteiger partial charge in [-0.25, -0.2) is 0 Å². The zero-order valence-corrected chi connectivity index (χ0v) is 10.6. The van der Waals surface area contributed by atoms with Gasteiger partial charge in [0.25, 0.3) is 0 Å². The maximum absolute atomic E-state index is 12.4. The van der Waals surface area contributed by atoms with Crippen molar-refractivity contribution in [3.8, 4) is 0 Å². The highest BCUT2D eigenvalue weighted by Gasteiger charge is 2.30. The van der Waals surface area contributed by atoms with Crippen LogP contribution in [0.5, 0.6) is 0 Å². The van der Waals surface area contributed by atoms with Crippen LogP contribution in [-0.4, -0.2) is 4.98 Å². The van der Waals surface area contributed by atoms with Gasteiger partial charge in [-0.3, -0.25) is 16.3 Å². The van der Waals surface area contributed by atoms with Gasteiger partial charge >= 0.3 is 6.18 Å². The number of hydrogen-bond acceptors (Lipinski definition) is 4. The van der Waals surface area contributed by atoms with Crippen LogP contribution in [0.4, 0.5) is 13.2 Å². The zero-order valence-electron chi connectivity index (χ0n) is 9.82. The Morgan fingerprint density at radius 3 is 2.42 bits per heavy atom. The molecule has 0 saturated carbocycles. The van der Waals surface area contributed by atoms with Crippen LogP contribution in [0, 0.1) is 0 Å². The second-order valence-electron chi connectivity index (χ2n) is 4.02. The number of rotatable bonds is 4. The first-order valence-corrected chi connectivity index (χ1v) is 6.39. The Bertz CT molecular complexity index is 508. The van der Waals surface area contributed by atoms with Crippen molar-refractivity contribution in [1.29, 1.82) is 0 Å². The van der Waals surface area contributed by atoms with Crippen LogP contribution >= 0.6 is 11.3 Å². The van der Waals surface area contributed by atoms with Crippen LogP contribution in [-0.2, 0) is 12.6 Å². The topological polar surface area (TPSA) is 50.9 Å². The third kappa shape index (κ3) is 3.52. The van der Waals surface area contributed by atoms with Crippen molar-refractivity contribution in [1.82, 2.24) is 10.4 Å². The van der Waals surface area contributed by atoms with Crippen LogP contribution in [0.3, 0.4) is 0 Å². The number of hydrogen-bond donors (Lipinski definition) is 2. The minimum absolute atomic E-state index is 0.149. The first kappa shape index (κ1) is 14.0. The molecule has 19 heavy (non-hydrogen) atoms. The summed E-state index contributed by atoms with van der Waals surface area (Å²) in [6, 6.07) is 4.94. The van der Waals surface area contributed by atoms with Crippen LogP contribution in [0.25, 0.3) is 0 Å². The average Bonchev–Trinajstić information content (AvgIpc) is 2.89. The third-order valence-corrected chi connectivity index (χ3v) is 3.61. The molecule has 1 unspecified atom stereocenters. The maximum Gasteiger partial charge on any atom is 0.416 e. The van der Waals surface area contributed by atoms with Crippen molar-refractivity contribution in [2.45, 2.75) is 18.6 Å². The average molecular weight is 287 g/mol. The fourth-order valence-electron chi connectivity index (χ4n) is 1.70. The molecule has 0 aliphatic heterocycles. The Morgan fingerprint density at radius 1 is 1.26 bits per heavy atom. The van der Waals surface area contributed by atoms with E-state index in [4.69, 9.17) is 5.84 Å². The Morgan fingerprint density at radius 2 is 1.95 bits per heavy atom. The Kier molecular flexibility index (Phi) is 4.18. The summed E-state index contributed by atoms with van der Waals surface area (Å²) in [5.41, 5.74) is 4.47. The number of nitrogens with two attached hydrogens (primary N) is 1.